The summed E-state index contributed by atoms with van der Waals surface area (Å²) in [7, 11) is 3.30. The van der Waals surface area contributed by atoms with Crippen molar-refractivity contribution in [3.8, 4) is 11.5 Å². The molecule has 2 aromatic rings. The van der Waals surface area contributed by atoms with Gasteiger partial charge in [0.15, 0.2) is 23.1 Å². The van der Waals surface area contributed by atoms with E-state index >= 15 is 0 Å². The third-order valence-corrected chi connectivity index (χ3v) is 7.88. The number of urea groups is 1. The fourth-order valence-corrected chi connectivity index (χ4v) is 5.81. The first-order chi connectivity index (χ1) is 19.8. The van der Waals surface area contributed by atoms with E-state index in [4.69, 9.17) is 19.4 Å². The highest BCUT2D eigenvalue weighted by atomic mass is 19.4. The zero-order chi connectivity index (χ0) is 31.1. The monoisotopic (exact) mass is 601 g/mol. The molecule has 232 valence electrons. The van der Waals surface area contributed by atoms with Gasteiger partial charge in [-0.05, 0) is 75.0 Å². The van der Waals surface area contributed by atoms with E-state index in [0.29, 0.717) is 5.75 Å². The van der Waals surface area contributed by atoms with Crippen LogP contribution >= 0.6 is 0 Å². The number of rotatable bonds is 8. The average Bonchev–Trinajstić information content (AvgIpc) is 3.32. The van der Waals surface area contributed by atoms with E-state index in [-0.39, 0.29) is 23.2 Å². The van der Waals surface area contributed by atoms with Gasteiger partial charge in [0.25, 0.3) is 0 Å². The van der Waals surface area contributed by atoms with Crippen molar-refractivity contribution in [1.82, 2.24) is 10.2 Å². The number of carboxylic acid groups (broad SMARTS) is 1. The van der Waals surface area contributed by atoms with Crippen molar-refractivity contribution >= 4 is 17.7 Å². The van der Waals surface area contributed by atoms with Crippen LogP contribution in [0.5, 0.6) is 11.5 Å². The lowest BCUT2D eigenvalue weighted by atomic mass is 9.65. The number of likely N-dealkylation sites (tertiary alicyclic amines) is 1. The Morgan fingerprint density at radius 2 is 1.74 bits per heavy atom. The summed E-state index contributed by atoms with van der Waals surface area (Å²) in [6, 6.07) is 9.46. The van der Waals surface area contributed by atoms with Gasteiger partial charge in [-0.2, -0.15) is 13.2 Å². The van der Waals surface area contributed by atoms with Crippen molar-refractivity contribution in [2.75, 3.05) is 32.6 Å². The molecule has 2 amide bonds. The molecule has 1 saturated heterocycles. The predicted octanol–water partition coefficient (Wildman–Crippen LogP) is 6.10. The molecule has 13 heteroatoms. The highest BCUT2D eigenvalue weighted by molar-refractivity contribution is 5.89. The summed E-state index contributed by atoms with van der Waals surface area (Å²) in [4.78, 5) is 24.1. The molecule has 2 aliphatic rings. The van der Waals surface area contributed by atoms with Crippen LogP contribution in [0.4, 0.5) is 32.4 Å². The van der Waals surface area contributed by atoms with Gasteiger partial charge in [0.1, 0.15) is 0 Å². The SMILES string of the molecule is CCCCN1CCC2(c3ccc(OC)c(OC)c3)CCC(NC(=O)Nc3ccc(F)c(F)c3)CC12.O=C(O)C(F)(F)F. The summed E-state index contributed by atoms with van der Waals surface area (Å²) < 4.78 is 69.5. The highest BCUT2D eigenvalue weighted by Crippen LogP contribution is 2.50. The lowest BCUT2D eigenvalue weighted by Crippen LogP contribution is -2.53. The molecule has 0 spiro atoms. The number of amides is 2. The number of methoxy groups -OCH3 is 2. The fraction of sp³-hybridized carbons (Fsp3) is 0.517. The smallest absolute Gasteiger partial charge is 0.490 e. The number of aliphatic carboxylic acids is 1. The summed E-state index contributed by atoms with van der Waals surface area (Å²) in [5.74, 6) is -3.24. The normalized spacial score (nSPS) is 21.9. The number of benzene rings is 2. The maximum absolute atomic E-state index is 13.5. The molecule has 3 unspecified atom stereocenters. The minimum atomic E-state index is -5.08. The van der Waals surface area contributed by atoms with Crippen LogP contribution in [0.3, 0.4) is 0 Å². The number of anilines is 1. The molecule has 2 fully saturated rings. The van der Waals surface area contributed by atoms with Crippen LogP contribution in [-0.4, -0.2) is 67.6 Å². The Morgan fingerprint density at radius 1 is 1.05 bits per heavy atom. The zero-order valence-corrected chi connectivity index (χ0v) is 23.7. The summed E-state index contributed by atoms with van der Waals surface area (Å²) >= 11 is 0. The molecular formula is C29H36F5N3O5. The van der Waals surface area contributed by atoms with Crippen molar-refractivity contribution in [1.29, 1.82) is 0 Å². The van der Waals surface area contributed by atoms with Crippen molar-refractivity contribution in [2.24, 2.45) is 0 Å². The van der Waals surface area contributed by atoms with E-state index in [9.17, 15) is 26.7 Å². The Hall–Kier alpha value is -3.61. The number of halogens is 5. The van der Waals surface area contributed by atoms with Gasteiger partial charge in [0.2, 0.25) is 0 Å². The van der Waals surface area contributed by atoms with Crippen LogP contribution in [0.1, 0.15) is 51.0 Å². The molecule has 3 atom stereocenters. The number of ether oxygens (including phenoxy) is 2. The number of unbranched alkanes of at least 4 members (excludes halogenated alkanes) is 1. The second-order valence-electron chi connectivity index (χ2n) is 10.4. The number of carbonyl (C=O) groups is 2. The molecule has 1 saturated carbocycles. The summed E-state index contributed by atoms with van der Waals surface area (Å²) in [5.41, 5.74) is 1.47. The first-order valence-electron chi connectivity index (χ1n) is 13.6. The van der Waals surface area contributed by atoms with Crippen molar-refractivity contribution in [2.45, 2.75) is 69.1 Å². The molecule has 0 bridgehead atoms. The van der Waals surface area contributed by atoms with Gasteiger partial charge in [0.05, 0.1) is 14.2 Å². The molecule has 1 aliphatic carbocycles. The van der Waals surface area contributed by atoms with E-state index in [1.807, 2.05) is 6.07 Å². The fourth-order valence-electron chi connectivity index (χ4n) is 5.81. The van der Waals surface area contributed by atoms with Gasteiger partial charge in [-0.25, -0.2) is 18.4 Å². The molecule has 4 rings (SSSR count). The number of fused-ring (bicyclic) bond motifs is 1. The number of hydrogen-bond acceptors (Lipinski definition) is 5. The largest absolute Gasteiger partial charge is 0.493 e. The standard InChI is InChI=1S/C27H35F2N3O3.C2HF3O2/c1-4-5-13-32-14-12-27(18-6-9-23(34-2)24(15-18)35-3)11-10-20(17-25(27)32)31-26(33)30-19-7-8-21(28)22(29)16-19;3-2(4,5)1(6)7/h6-9,15-16,20,25H,4-5,10-14,17H2,1-3H3,(H2,30,31,33);(H,6,7). The van der Waals surface area contributed by atoms with Gasteiger partial charge in [-0.3, -0.25) is 4.90 Å². The Bertz CT molecular complexity index is 1240. The summed E-state index contributed by atoms with van der Waals surface area (Å²) in [6.45, 7) is 4.25. The predicted molar refractivity (Wildman–Crippen MR) is 146 cm³/mol. The molecule has 0 aromatic heterocycles. The third kappa shape index (κ3) is 7.81. The quantitative estimate of drug-likeness (QED) is 0.316. The first-order valence-corrected chi connectivity index (χ1v) is 13.6. The van der Waals surface area contributed by atoms with Crippen LogP contribution in [0.15, 0.2) is 36.4 Å². The lowest BCUT2D eigenvalue weighted by molar-refractivity contribution is -0.192. The van der Waals surface area contributed by atoms with Crippen molar-refractivity contribution in [3.05, 3.63) is 53.6 Å². The molecule has 0 radical (unpaired) electrons. The number of alkyl halides is 3. The number of nitrogens with one attached hydrogen (secondary N) is 2. The van der Waals surface area contributed by atoms with E-state index in [1.54, 1.807) is 14.2 Å². The van der Waals surface area contributed by atoms with Crippen LogP contribution < -0.4 is 20.1 Å². The number of carbonyl (C=O) groups excluding carboxylic acids is 1. The lowest BCUT2D eigenvalue weighted by Gasteiger charge is -2.45. The van der Waals surface area contributed by atoms with E-state index in [0.717, 1.165) is 69.5 Å². The van der Waals surface area contributed by atoms with Gasteiger partial charge >= 0.3 is 18.2 Å². The molecule has 42 heavy (non-hydrogen) atoms. The third-order valence-electron chi connectivity index (χ3n) is 7.88. The maximum atomic E-state index is 13.5. The average molecular weight is 602 g/mol. The first kappa shape index (κ1) is 32.9. The van der Waals surface area contributed by atoms with Crippen LogP contribution in [0, 0.1) is 11.6 Å². The topological polar surface area (TPSA) is 100 Å². The van der Waals surface area contributed by atoms with Crippen LogP contribution in [0.2, 0.25) is 0 Å². The highest BCUT2D eigenvalue weighted by Gasteiger charge is 2.51. The van der Waals surface area contributed by atoms with E-state index in [2.05, 4.69) is 34.6 Å². The molecule has 3 N–H and O–H groups in total. The number of hydrogen-bond donors (Lipinski definition) is 3. The molecule has 8 nitrogen and oxygen atoms in total. The van der Waals surface area contributed by atoms with Gasteiger partial charge in [0, 0.05) is 29.3 Å². The second-order valence-corrected chi connectivity index (χ2v) is 10.4. The maximum Gasteiger partial charge on any atom is 0.490 e. The van der Waals surface area contributed by atoms with E-state index in [1.165, 1.54) is 11.6 Å². The van der Waals surface area contributed by atoms with E-state index < -0.39 is 29.8 Å². The summed E-state index contributed by atoms with van der Waals surface area (Å²) in [5, 5.41) is 12.8. The Labute approximate surface area is 241 Å². The van der Waals surface area contributed by atoms with Gasteiger partial charge < -0.3 is 25.2 Å². The molecule has 2 aromatic carbocycles. The number of nitrogens with zero attached hydrogens (tertiary/aromatic N) is 1. The molecule has 1 aliphatic heterocycles. The van der Waals surface area contributed by atoms with Crippen molar-refractivity contribution < 1.29 is 46.1 Å². The van der Waals surface area contributed by atoms with Crippen LogP contribution in [-0.2, 0) is 10.2 Å². The zero-order valence-electron chi connectivity index (χ0n) is 23.7. The van der Waals surface area contributed by atoms with Gasteiger partial charge in [-0.15, -0.1) is 0 Å². The summed E-state index contributed by atoms with van der Waals surface area (Å²) in [6.07, 6.45) is 0.829. The Kier molecular flexibility index (Phi) is 11.0. The second kappa shape index (κ2) is 14.0. The van der Waals surface area contributed by atoms with Gasteiger partial charge in [-0.1, -0.05) is 19.4 Å². The minimum Gasteiger partial charge on any atom is -0.493 e. The Balaban J connectivity index is 0.000000616. The van der Waals surface area contributed by atoms with Crippen molar-refractivity contribution in [3.63, 3.8) is 0 Å². The Morgan fingerprint density at radius 3 is 2.33 bits per heavy atom. The molecular weight excluding hydrogens is 565 g/mol. The minimum absolute atomic E-state index is 0.0119. The van der Waals surface area contributed by atoms with Crippen LogP contribution in [0.25, 0.3) is 0 Å². The molecule has 1 heterocycles. The number of carboxylic acids is 1.